The average Bonchev–Trinajstić information content (AvgIpc) is 3.33. The molecule has 4 aromatic rings. The molecule has 0 saturated carbocycles. The average molecular weight is 409 g/mol. The lowest BCUT2D eigenvalue weighted by Crippen LogP contribution is -2.23. The van der Waals surface area contributed by atoms with Gasteiger partial charge in [-0.1, -0.05) is 63.9 Å². The van der Waals surface area contributed by atoms with Gasteiger partial charge in [0.1, 0.15) is 17.0 Å². The van der Waals surface area contributed by atoms with E-state index in [1.807, 2.05) is 37.3 Å². The van der Waals surface area contributed by atoms with E-state index in [2.05, 4.69) is 20.6 Å². The van der Waals surface area contributed by atoms with E-state index in [-0.39, 0.29) is 12.5 Å². The Morgan fingerprint density at radius 1 is 1.07 bits per heavy atom. The minimum absolute atomic E-state index is 0.0736. The molecule has 0 aliphatic rings. The molecule has 0 aliphatic heterocycles. The van der Waals surface area contributed by atoms with Crippen molar-refractivity contribution < 1.29 is 13.8 Å². The summed E-state index contributed by atoms with van der Waals surface area (Å²) in [7, 11) is 0. The van der Waals surface area contributed by atoms with Crippen LogP contribution in [0.4, 0.5) is 0 Å². The predicted octanol–water partition coefficient (Wildman–Crippen LogP) is 4.59. The summed E-state index contributed by atoms with van der Waals surface area (Å²) in [5.74, 6) is 0.788. The lowest BCUT2D eigenvalue weighted by molar-refractivity contribution is 0.0945. The van der Waals surface area contributed by atoms with Gasteiger partial charge in [-0.25, -0.2) is 0 Å². The third kappa shape index (κ3) is 3.90. The normalized spacial score (nSPS) is 10.9. The smallest absolute Gasteiger partial charge is 0.257 e. The zero-order valence-electron chi connectivity index (χ0n) is 15.8. The number of halogens is 1. The van der Waals surface area contributed by atoms with E-state index in [1.54, 1.807) is 25.1 Å². The van der Waals surface area contributed by atoms with Crippen molar-refractivity contribution >= 4 is 17.5 Å². The highest BCUT2D eigenvalue weighted by atomic mass is 35.5. The van der Waals surface area contributed by atoms with Crippen molar-refractivity contribution in [3.05, 3.63) is 76.3 Å². The van der Waals surface area contributed by atoms with Crippen LogP contribution >= 0.6 is 11.6 Å². The molecule has 8 heteroatoms. The second kappa shape index (κ2) is 7.89. The van der Waals surface area contributed by atoms with Crippen LogP contribution in [-0.4, -0.2) is 21.2 Å². The molecule has 0 atom stereocenters. The molecular formula is C21H17ClN4O3. The summed E-state index contributed by atoms with van der Waals surface area (Å²) in [4.78, 5) is 17.1. The van der Waals surface area contributed by atoms with E-state index in [0.29, 0.717) is 39.3 Å². The lowest BCUT2D eigenvalue weighted by Gasteiger charge is -2.05. The Balaban J connectivity index is 1.52. The van der Waals surface area contributed by atoms with Crippen LogP contribution in [0.2, 0.25) is 5.02 Å². The van der Waals surface area contributed by atoms with E-state index in [4.69, 9.17) is 20.6 Å². The van der Waals surface area contributed by atoms with Crippen molar-refractivity contribution in [2.75, 3.05) is 0 Å². The fourth-order valence-electron chi connectivity index (χ4n) is 2.95. The number of benzene rings is 2. The number of nitrogens with zero attached hydrogens (tertiary/aromatic N) is 3. The number of hydrogen-bond acceptors (Lipinski definition) is 6. The largest absolute Gasteiger partial charge is 0.360 e. The fraction of sp³-hybridized carbons (Fsp3) is 0.143. The summed E-state index contributed by atoms with van der Waals surface area (Å²) in [5, 5.41) is 11.2. The van der Waals surface area contributed by atoms with Crippen LogP contribution in [0.25, 0.3) is 22.6 Å². The molecule has 0 aliphatic carbocycles. The maximum atomic E-state index is 12.8. The summed E-state index contributed by atoms with van der Waals surface area (Å²) in [6.07, 6.45) is 0. The molecule has 4 rings (SSSR count). The van der Waals surface area contributed by atoms with E-state index >= 15 is 0 Å². The third-order valence-corrected chi connectivity index (χ3v) is 4.69. The fourth-order valence-corrected chi connectivity index (χ4v) is 3.17. The summed E-state index contributed by atoms with van der Waals surface area (Å²) >= 11 is 6.24. The van der Waals surface area contributed by atoms with Gasteiger partial charge in [0.15, 0.2) is 0 Å². The molecule has 2 aromatic heterocycles. The van der Waals surface area contributed by atoms with Gasteiger partial charge in [0.25, 0.3) is 5.91 Å². The van der Waals surface area contributed by atoms with Gasteiger partial charge in [-0.05, 0) is 26.0 Å². The minimum atomic E-state index is -0.367. The summed E-state index contributed by atoms with van der Waals surface area (Å²) in [6.45, 7) is 3.73. The molecular weight excluding hydrogens is 392 g/mol. The highest BCUT2D eigenvalue weighted by Gasteiger charge is 2.23. The van der Waals surface area contributed by atoms with E-state index in [0.717, 1.165) is 11.1 Å². The molecule has 1 amide bonds. The number of carbonyl (C=O) groups is 1. The molecule has 7 nitrogen and oxygen atoms in total. The highest BCUT2D eigenvalue weighted by Crippen LogP contribution is 2.31. The summed E-state index contributed by atoms with van der Waals surface area (Å²) in [5.41, 5.74) is 3.27. The molecule has 0 radical (unpaired) electrons. The first-order valence-corrected chi connectivity index (χ1v) is 9.29. The van der Waals surface area contributed by atoms with E-state index in [1.165, 1.54) is 0 Å². The standard InChI is InChI=1S/C21H17ClN4O3/c1-12-6-5-7-14(10-12)20-24-17(29-26-20)11-23-21(27)18-13(2)28-25-19(18)15-8-3-4-9-16(15)22/h3-10H,11H2,1-2H3,(H,23,27). The van der Waals surface area contributed by atoms with Crippen molar-refractivity contribution in [3.8, 4) is 22.6 Å². The van der Waals surface area contributed by atoms with Gasteiger partial charge in [-0.15, -0.1) is 0 Å². The number of hydrogen-bond donors (Lipinski definition) is 1. The van der Waals surface area contributed by atoms with Crippen molar-refractivity contribution in [3.63, 3.8) is 0 Å². The number of rotatable bonds is 5. The van der Waals surface area contributed by atoms with E-state index < -0.39 is 0 Å². The molecule has 0 spiro atoms. The Morgan fingerprint density at radius 3 is 2.69 bits per heavy atom. The minimum Gasteiger partial charge on any atom is -0.360 e. The molecule has 1 N–H and O–H groups in total. The zero-order chi connectivity index (χ0) is 20.4. The lowest BCUT2D eigenvalue weighted by atomic mass is 10.1. The maximum absolute atomic E-state index is 12.8. The number of nitrogens with one attached hydrogen (secondary N) is 1. The van der Waals surface area contributed by atoms with Crippen LogP contribution < -0.4 is 5.32 Å². The van der Waals surface area contributed by atoms with Gasteiger partial charge in [-0.2, -0.15) is 4.98 Å². The van der Waals surface area contributed by atoms with Crippen LogP contribution in [0, 0.1) is 13.8 Å². The van der Waals surface area contributed by atoms with Crippen LogP contribution in [0.15, 0.2) is 57.6 Å². The van der Waals surface area contributed by atoms with Crippen molar-refractivity contribution in [1.82, 2.24) is 20.6 Å². The van der Waals surface area contributed by atoms with Crippen LogP contribution in [0.1, 0.15) is 27.6 Å². The number of amides is 1. The second-order valence-corrected chi connectivity index (χ2v) is 6.91. The van der Waals surface area contributed by atoms with Crippen molar-refractivity contribution in [2.24, 2.45) is 0 Å². The number of carbonyl (C=O) groups excluding carboxylic acids is 1. The molecule has 29 heavy (non-hydrogen) atoms. The number of aryl methyl sites for hydroxylation is 2. The predicted molar refractivity (Wildman–Crippen MR) is 107 cm³/mol. The van der Waals surface area contributed by atoms with Gasteiger partial charge >= 0.3 is 0 Å². The van der Waals surface area contributed by atoms with Crippen LogP contribution in [0.5, 0.6) is 0 Å². The number of aromatic nitrogens is 3. The highest BCUT2D eigenvalue weighted by molar-refractivity contribution is 6.33. The zero-order valence-corrected chi connectivity index (χ0v) is 16.5. The molecule has 2 aromatic carbocycles. The summed E-state index contributed by atoms with van der Waals surface area (Å²) in [6, 6.07) is 14.9. The first kappa shape index (κ1) is 18.9. The molecule has 0 bridgehead atoms. The molecule has 0 saturated heterocycles. The maximum Gasteiger partial charge on any atom is 0.257 e. The Hall–Kier alpha value is -3.45. The topological polar surface area (TPSA) is 94.1 Å². The molecule has 0 unspecified atom stereocenters. The van der Waals surface area contributed by atoms with Gasteiger partial charge in [0.2, 0.25) is 11.7 Å². The quantitative estimate of drug-likeness (QED) is 0.519. The van der Waals surface area contributed by atoms with Gasteiger partial charge in [0, 0.05) is 11.1 Å². The van der Waals surface area contributed by atoms with Crippen LogP contribution in [0.3, 0.4) is 0 Å². The van der Waals surface area contributed by atoms with Gasteiger partial charge < -0.3 is 14.4 Å². The van der Waals surface area contributed by atoms with Gasteiger partial charge in [0.05, 0.1) is 11.6 Å². The van der Waals surface area contributed by atoms with Crippen molar-refractivity contribution in [1.29, 1.82) is 0 Å². The molecule has 2 heterocycles. The Bertz CT molecular complexity index is 1180. The summed E-state index contributed by atoms with van der Waals surface area (Å²) < 4.78 is 10.5. The van der Waals surface area contributed by atoms with Crippen molar-refractivity contribution in [2.45, 2.75) is 20.4 Å². The second-order valence-electron chi connectivity index (χ2n) is 6.51. The molecule has 0 fully saturated rings. The first-order chi connectivity index (χ1) is 14.0. The SMILES string of the molecule is Cc1cccc(-c2noc(CNC(=O)c3c(-c4ccccc4Cl)noc3C)n2)c1. The Kier molecular flexibility index (Phi) is 5.14. The molecule has 146 valence electrons. The van der Waals surface area contributed by atoms with Gasteiger partial charge in [-0.3, -0.25) is 4.79 Å². The van der Waals surface area contributed by atoms with Crippen LogP contribution in [-0.2, 0) is 6.54 Å². The first-order valence-electron chi connectivity index (χ1n) is 8.92. The Labute approximate surface area is 171 Å². The third-order valence-electron chi connectivity index (χ3n) is 4.36. The Morgan fingerprint density at radius 2 is 1.90 bits per heavy atom. The van der Waals surface area contributed by atoms with E-state index in [9.17, 15) is 4.79 Å². The monoisotopic (exact) mass is 408 g/mol.